The van der Waals surface area contributed by atoms with Gasteiger partial charge in [0.05, 0.1) is 6.61 Å². The minimum absolute atomic E-state index is 0.0226. The van der Waals surface area contributed by atoms with E-state index in [1.165, 1.54) is 0 Å². The third-order valence-electron chi connectivity index (χ3n) is 2.68. The molecule has 0 aromatic carbocycles. The summed E-state index contributed by atoms with van der Waals surface area (Å²) < 4.78 is 4.84. The van der Waals surface area contributed by atoms with Crippen molar-refractivity contribution in [2.24, 2.45) is 5.92 Å². The van der Waals surface area contributed by atoms with Gasteiger partial charge in [-0.25, -0.2) is 0 Å². The third kappa shape index (κ3) is 3.36. The van der Waals surface area contributed by atoms with E-state index in [-0.39, 0.29) is 24.3 Å². The Bertz CT molecular complexity index is 278. The lowest BCUT2D eigenvalue weighted by Gasteiger charge is -2.23. The van der Waals surface area contributed by atoms with Crippen LogP contribution >= 0.6 is 0 Å². The quantitative estimate of drug-likeness (QED) is 0.524. The van der Waals surface area contributed by atoms with Crippen molar-refractivity contribution in [2.75, 3.05) is 19.7 Å². The summed E-state index contributed by atoms with van der Waals surface area (Å²) in [6.45, 7) is 4.61. The van der Waals surface area contributed by atoms with Crippen LogP contribution in [0.2, 0.25) is 0 Å². The van der Waals surface area contributed by atoms with Gasteiger partial charge in [0.25, 0.3) is 0 Å². The van der Waals surface area contributed by atoms with Crippen LogP contribution in [0.5, 0.6) is 0 Å². The number of likely N-dealkylation sites (N-methyl/N-ethyl adjacent to an activating group) is 1. The second-order valence-corrected chi connectivity index (χ2v) is 3.80. The molecule has 90 valence electrons. The zero-order valence-electron chi connectivity index (χ0n) is 9.94. The molecule has 1 aliphatic carbocycles. The molecule has 16 heavy (non-hydrogen) atoms. The standard InChI is InChI=1S/C12H19NO3/c1-3-13(9-11(14)16-4-2)12(15)10-7-5-6-8-10/h5-6,10H,3-4,7-9H2,1-2H3. The normalized spacial score (nSPS) is 15.1. The summed E-state index contributed by atoms with van der Waals surface area (Å²) in [7, 11) is 0. The second-order valence-electron chi connectivity index (χ2n) is 3.80. The van der Waals surface area contributed by atoms with E-state index in [4.69, 9.17) is 4.74 Å². The minimum atomic E-state index is -0.330. The van der Waals surface area contributed by atoms with Crippen LogP contribution in [-0.2, 0) is 14.3 Å². The summed E-state index contributed by atoms with van der Waals surface area (Å²) in [6, 6.07) is 0. The molecule has 0 saturated carbocycles. The molecule has 0 aliphatic heterocycles. The molecular formula is C12H19NO3. The first-order valence-corrected chi connectivity index (χ1v) is 5.78. The monoisotopic (exact) mass is 225 g/mol. The third-order valence-corrected chi connectivity index (χ3v) is 2.68. The Morgan fingerprint density at radius 2 is 1.94 bits per heavy atom. The number of carbonyl (C=O) groups is 2. The predicted octanol–water partition coefficient (Wildman–Crippen LogP) is 1.36. The van der Waals surface area contributed by atoms with E-state index < -0.39 is 0 Å². The Hall–Kier alpha value is -1.32. The number of ether oxygens (including phenoxy) is 1. The number of amides is 1. The highest BCUT2D eigenvalue weighted by atomic mass is 16.5. The molecule has 1 amide bonds. The highest BCUT2D eigenvalue weighted by Gasteiger charge is 2.25. The fraction of sp³-hybridized carbons (Fsp3) is 0.667. The van der Waals surface area contributed by atoms with Gasteiger partial charge in [-0.3, -0.25) is 9.59 Å². The van der Waals surface area contributed by atoms with E-state index in [0.29, 0.717) is 13.2 Å². The van der Waals surface area contributed by atoms with Crippen LogP contribution in [0.1, 0.15) is 26.7 Å². The van der Waals surface area contributed by atoms with Crippen molar-refractivity contribution in [3.05, 3.63) is 12.2 Å². The molecule has 0 atom stereocenters. The van der Waals surface area contributed by atoms with Gasteiger partial charge in [0.1, 0.15) is 6.54 Å². The van der Waals surface area contributed by atoms with Gasteiger partial charge in [-0.1, -0.05) is 12.2 Å². The fourth-order valence-corrected chi connectivity index (χ4v) is 1.79. The van der Waals surface area contributed by atoms with Crippen molar-refractivity contribution in [1.29, 1.82) is 0 Å². The van der Waals surface area contributed by atoms with Crippen molar-refractivity contribution in [2.45, 2.75) is 26.7 Å². The molecule has 0 fully saturated rings. The van der Waals surface area contributed by atoms with Crippen molar-refractivity contribution in [3.63, 3.8) is 0 Å². The average Bonchev–Trinajstić information content (AvgIpc) is 2.78. The molecule has 0 heterocycles. The maximum atomic E-state index is 12.0. The smallest absolute Gasteiger partial charge is 0.325 e. The van der Waals surface area contributed by atoms with E-state index >= 15 is 0 Å². The fourth-order valence-electron chi connectivity index (χ4n) is 1.79. The lowest BCUT2D eigenvalue weighted by Crippen LogP contribution is -2.39. The summed E-state index contributed by atoms with van der Waals surface area (Å²) in [5.41, 5.74) is 0. The first-order valence-electron chi connectivity index (χ1n) is 5.78. The highest BCUT2D eigenvalue weighted by molar-refractivity contribution is 5.84. The molecule has 1 rings (SSSR count). The number of allylic oxidation sites excluding steroid dienone is 2. The van der Waals surface area contributed by atoms with Gasteiger partial charge in [0, 0.05) is 12.5 Å². The van der Waals surface area contributed by atoms with Gasteiger partial charge < -0.3 is 9.64 Å². The summed E-state index contributed by atoms with van der Waals surface area (Å²) in [5.74, 6) is -0.251. The average molecular weight is 225 g/mol. The van der Waals surface area contributed by atoms with Gasteiger partial charge in [-0.15, -0.1) is 0 Å². The Labute approximate surface area is 96.3 Å². The van der Waals surface area contributed by atoms with Crippen LogP contribution in [-0.4, -0.2) is 36.5 Å². The number of nitrogens with zero attached hydrogens (tertiary/aromatic N) is 1. The maximum absolute atomic E-state index is 12.0. The molecule has 0 aromatic rings. The van der Waals surface area contributed by atoms with Gasteiger partial charge >= 0.3 is 5.97 Å². The van der Waals surface area contributed by atoms with Gasteiger partial charge in [0.2, 0.25) is 5.91 Å². The van der Waals surface area contributed by atoms with E-state index in [2.05, 4.69) is 0 Å². The van der Waals surface area contributed by atoms with Crippen molar-refractivity contribution < 1.29 is 14.3 Å². The Kier molecular flexibility index (Phi) is 5.02. The largest absolute Gasteiger partial charge is 0.465 e. The first-order chi connectivity index (χ1) is 7.69. The predicted molar refractivity (Wildman–Crippen MR) is 60.8 cm³/mol. The van der Waals surface area contributed by atoms with Gasteiger partial charge in [-0.2, -0.15) is 0 Å². The second kappa shape index (κ2) is 6.30. The molecule has 1 aliphatic rings. The molecule has 4 heteroatoms. The van der Waals surface area contributed by atoms with Crippen molar-refractivity contribution in [3.8, 4) is 0 Å². The summed E-state index contributed by atoms with van der Waals surface area (Å²) in [6.07, 6.45) is 5.61. The van der Waals surface area contributed by atoms with Crippen LogP contribution in [0.4, 0.5) is 0 Å². The van der Waals surface area contributed by atoms with E-state index in [1.807, 2.05) is 19.1 Å². The van der Waals surface area contributed by atoms with Crippen LogP contribution in [0.3, 0.4) is 0 Å². The number of hydrogen-bond acceptors (Lipinski definition) is 3. The van der Waals surface area contributed by atoms with Crippen LogP contribution < -0.4 is 0 Å². The number of rotatable bonds is 5. The van der Waals surface area contributed by atoms with Crippen molar-refractivity contribution >= 4 is 11.9 Å². The molecule has 0 N–H and O–H groups in total. The molecule has 0 radical (unpaired) electrons. The number of carbonyl (C=O) groups excluding carboxylic acids is 2. The van der Waals surface area contributed by atoms with Crippen LogP contribution in [0.25, 0.3) is 0 Å². The summed E-state index contributed by atoms with van der Waals surface area (Å²) >= 11 is 0. The zero-order chi connectivity index (χ0) is 12.0. The Morgan fingerprint density at radius 3 is 2.44 bits per heavy atom. The van der Waals surface area contributed by atoms with E-state index in [0.717, 1.165) is 12.8 Å². The molecule has 0 spiro atoms. The van der Waals surface area contributed by atoms with Crippen LogP contribution in [0, 0.1) is 5.92 Å². The molecule has 0 bridgehead atoms. The Balaban J connectivity index is 2.46. The van der Waals surface area contributed by atoms with E-state index in [9.17, 15) is 9.59 Å². The summed E-state index contributed by atoms with van der Waals surface area (Å²) in [5, 5.41) is 0. The number of esters is 1. The number of hydrogen-bond donors (Lipinski definition) is 0. The zero-order valence-corrected chi connectivity index (χ0v) is 9.94. The molecule has 0 unspecified atom stereocenters. The SMILES string of the molecule is CCOC(=O)CN(CC)C(=O)C1CC=CC1. The van der Waals surface area contributed by atoms with Gasteiger partial charge in [0.15, 0.2) is 0 Å². The van der Waals surface area contributed by atoms with E-state index in [1.54, 1.807) is 11.8 Å². The van der Waals surface area contributed by atoms with Gasteiger partial charge in [-0.05, 0) is 26.7 Å². The summed E-state index contributed by atoms with van der Waals surface area (Å²) in [4.78, 5) is 24.9. The highest BCUT2D eigenvalue weighted by Crippen LogP contribution is 2.20. The molecule has 0 aromatic heterocycles. The first kappa shape index (κ1) is 12.7. The lowest BCUT2D eigenvalue weighted by molar-refractivity contribution is -0.150. The van der Waals surface area contributed by atoms with Crippen molar-refractivity contribution in [1.82, 2.24) is 4.90 Å². The molecular weight excluding hydrogens is 206 g/mol. The Morgan fingerprint density at radius 1 is 1.31 bits per heavy atom. The topological polar surface area (TPSA) is 46.6 Å². The van der Waals surface area contributed by atoms with Crippen LogP contribution in [0.15, 0.2) is 12.2 Å². The lowest BCUT2D eigenvalue weighted by atomic mass is 10.1. The molecule has 0 saturated heterocycles. The minimum Gasteiger partial charge on any atom is -0.465 e. The maximum Gasteiger partial charge on any atom is 0.325 e. The molecule has 4 nitrogen and oxygen atoms in total.